The molecule has 22 heavy (non-hydrogen) atoms. The summed E-state index contributed by atoms with van der Waals surface area (Å²) in [5.41, 5.74) is -1.94. The summed E-state index contributed by atoms with van der Waals surface area (Å²) in [4.78, 5) is 0. The van der Waals surface area contributed by atoms with E-state index in [2.05, 4.69) is 15.4 Å². The van der Waals surface area contributed by atoms with Crippen LogP contribution in [0.2, 0.25) is 0 Å². The highest BCUT2D eigenvalue weighted by molar-refractivity contribution is 5.39. The molecule has 0 radical (unpaired) electrons. The van der Waals surface area contributed by atoms with E-state index in [9.17, 15) is 10.2 Å². The third kappa shape index (κ3) is 2.11. The Balaban J connectivity index is 2.23. The van der Waals surface area contributed by atoms with E-state index in [0.29, 0.717) is 11.1 Å². The van der Waals surface area contributed by atoms with E-state index in [1.807, 2.05) is 36.4 Å². The van der Waals surface area contributed by atoms with Crippen molar-refractivity contribution in [3.05, 3.63) is 83.7 Å². The molecule has 0 spiro atoms. The predicted molar refractivity (Wildman–Crippen MR) is 81.8 cm³/mol. The van der Waals surface area contributed by atoms with Crippen molar-refractivity contribution in [3.8, 4) is 0 Å². The smallest absolute Gasteiger partial charge is 0.167 e. The number of aromatic nitrogens is 3. The summed E-state index contributed by atoms with van der Waals surface area (Å²) < 4.78 is 0. The summed E-state index contributed by atoms with van der Waals surface area (Å²) in [6.45, 7) is 1.57. The zero-order valence-electron chi connectivity index (χ0n) is 12.1. The van der Waals surface area contributed by atoms with Crippen molar-refractivity contribution in [2.75, 3.05) is 0 Å². The van der Waals surface area contributed by atoms with Gasteiger partial charge in [0, 0.05) is 0 Å². The van der Waals surface area contributed by atoms with Gasteiger partial charge in [-0.25, -0.2) is 0 Å². The van der Waals surface area contributed by atoms with E-state index < -0.39 is 11.2 Å². The molecule has 3 N–H and O–H groups in total. The van der Waals surface area contributed by atoms with Crippen molar-refractivity contribution in [1.29, 1.82) is 0 Å². The van der Waals surface area contributed by atoms with Gasteiger partial charge in [0.2, 0.25) is 0 Å². The van der Waals surface area contributed by atoms with E-state index >= 15 is 0 Å². The first-order valence-corrected chi connectivity index (χ1v) is 6.99. The van der Waals surface area contributed by atoms with E-state index in [1.54, 1.807) is 31.2 Å². The van der Waals surface area contributed by atoms with Crippen LogP contribution >= 0.6 is 0 Å². The highest BCUT2D eigenvalue weighted by atomic mass is 16.4. The van der Waals surface area contributed by atoms with Gasteiger partial charge >= 0.3 is 0 Å². The fourth-order valence-corrected chi connectivity index (χ4v) is 2.71. The fraction of sp³-hybridized carbons (Fsp3) is 0.176. The molecule has 5 heteroatoms. The van der Waals surface area contributed by atoms with Crippen molar-refractivity contribution >= 4 is 0 Å². The largest absolute Gasteiger partial charge is 0.382 e. The maximum Gasteiger partial charge on any atom is 0.167 e. The maximum absolute atomic E-state index is 11.5. The molecule has 0 aliphatic carbocycles. The SMILES string of the molecule is CC(O)(c1ccccc1)C(O)(c1ccccc1)c1cn[nH]n1. The van der Waals surface area contributed by atoms with E-state index in [4.69, 9.17) is 0 Å². The van der Waals surface area contributed by atoms with Crippen LogP contribution in [-0.2, 0) is 11.2 Å². The molecule has 3 rings (SSSR count). The Morgan fingerprint density at radius 1 is 0.864 bits per heavy atom. The van der Waals surface area contributed by atoms with Crippen molar-refractivity contribution in [1.82, 2.24) is 15.4 Å². The molecular weight excluding hydrogens is 278 g/mol. The number of benzene rings is 2. The first-order chi connectivity index (χ1) is 10.6. The summed E-state index contributed by atoms with van der Waals surface area (Å²) in [5, 5.41) is 32.9. The van der Waals surface area contributed by atoms with Crippen molar-refractivity contribution < 1.29 is 10.2 Å². The zero-order valence-corrected chi connectivity index (χ0v) is 12.1. The van der Waals surface area contributed by atoms with Gasteiger partial charge in [-0.3, -0.25) is 0 Å². The number of nitrogens with zero attached hydrogens (tertiary/aromatic N) is 2. The van der Waals surface area contributed by atoms with Crippen LogP contribution in [0.5, 0.6) is 0 Å². The van der Waals surface area contributed by atoms with Crippen LogP contribution in [0.3, 0.4) is 0 Å². The van der Waals surface area contributed by atoms with Gasteiger partial charge in [0.25, 0.3) is 0 Å². The average Bonchev–Trinajstić information content (AvgIpc) is 3.10. The highest BCUT2D eigenvalue weighted by Crippen LogP contribution is 2.44. The summed E-state index contributed by atoms with van der Waals surface area (Å²) in [7, 11) is 0. The summed E-state index contributed by atoms with van der Waals surface area (Å²) in [6.07, 6.45) is 1.42. The maximum atomic E-state index is 11.5. The Hall–Kier alpha value is -2.50. The third-order valence-electron chi connectivity index (χ3n) is 4.02. The molecule has 0 saturated carbocycles. The Kier molecular flexibility index (Phi) is 3.52. The molecule has 0 amide bonds. The monoisotopic (exact) mass is 295 g/mol. The number of H-pyrrole nitrogens is 1. The first-order valence-electron chi connectivity index (χ1n) is 6.99. The van der Waals surface area contributed by atoms with E-state index in [1.165, 1.54) is 6.20 Å². The molecule has 0 aliphatic heterocycles. The summed E-state index contributed by atoms with van der Waals surface area (Å²) in [5.74, 6) is 0. The van der Waals surface area contributed by atoms with Gasteiger partial charge in [0.15, 0.2) is 5.60 Å². The Morgan fingerprint density at radius 2 is 1.41 bits per heavy atom. The molecular formula is C17H17N3O2. The van der Waals surface area contributed by atoms with E-state index in [-0.39, 0.29) is 5.69 Å². The summed E-state index contributed by atoms with van der Waals surface area (Å²) in [6, 6.07) is 18.0. The lowest BCUT2D eigenvalue weighted by Gasteiger charge is -2.40. The number of aromatic amines is 1. The van der Waals surface area contributed by atoms with Gasteiger partial charge in [0.1, 0.15) is 11.3 Å². The normalized spacial score (nSPS) is 16.7. The second-order valence-corrected chi connectivity index (χ2v) is 5.37. The molecule has 0 aliphatic rings. The van der Waals surface area contributed by atoms with Gasteiger partial charge in [-0.2, -0.15) is 15.4 Å². The van der Waals surface area contributed by atoms with Crippen LogP contribution in [0, 0.1) is 0 Å². The van der Waals surface area contributed by atoms with Crippen LogP contribution in [0.15, 0.2) is 66.9 Å². The number of hydrogen-bond donors (Lipinski definition) is 3. The number of rotatable bonds is 4. The second-order valence-electron chi connectivity index (χ2n) is 5.37. The summed E-state index contributed by atoms with van der Waals surface area (Å²) >= 11 is 0. The minimum atomic E-state index is -1.73. The highest BCUT2D eigenvalue weighted by Gasteiger charge is 2.51. The number of hydrogen-bond acceptors (Lipinski definition) is 4. The third-order valence-corrected chi connectivity index (χ3v) is 4.02. The van der Waals surface area contributed by atoms with Crippen LogP contribution in [-0.4, -0.2) is 25.6 Å². The molecule has 2 unspecified atom stereocenters. The molecule has 0 bridgehead atoms. The Morgan fingerprint density at radius 3 is 1.91 bits per heavy atom. The van der Waals surface area contributed by atoms with Gasteiger partial charge < -0.3 is 10.2 Å². The van der Waals surface area contributed by atoms with Crippen LogP contribution in [0.25, 0.3) is 0 Å². The van der Waals surface area contributed by atoms with Crippen LogP contribution < -0.4 is 0 Å². The average molecular weight is 295 g/mol. The Bertz CT molecular complexity index is 727. The van der Waals surface area contributed by atoms with E-state index in [0.717, 1.165) is 0 Å². The second kappa shape index (κ2) is 5.36. The van der Waals surface area contributed by atoms with Crippen LogP contribution in [0.4, 0.5) is 0 Å². The molecule has 2 aromatic carbocycles. The van der Waals surface area contributed by atoms with Crippen LogP contribution in [0.1, 0.15) is 23.7 Å². The molecule has 1 aromatic heterocycles. The fourth-order valence-electron chi connectivity index (χ4n) is 2.71. The lowest BCUT2D eigenvalue weighted by atomic mass is 9.73. The lowest BCUT2D eigenvalue weighted by Crippen LogP contribution is -2.48. The zero-order chi connectivity index (χ0) is 15.6. The molecule has 0 fully saturated rings. The molecule has 2 atom stereocenters. The molecule has 0 saturated heterocycles. The van der Waals surface area contributed by atoms with Crippen molar-refractivity contribution in [2.24, 2.45) is 0 Å². The Labute approximate surface area is 128 Å². The first kappa shape index (κ1) is 14.4. The minimum Gasteiger partial charge on any atom is -0.382 e. The topological polar surface area (TPSA) is 82.0 Å². The van der Waals surface area contributed by atoms with Gasteiger partial charge in [-0.15, -0.1) is 0 Å². The van der Waals surface area contributed by atoms with Crippen molar-refractivity contribution in [3.63, 3.8) is 0 Å². The minimum absolute atomic E-state index is 0.257. The quantitative estimate of drug-likeness (QED) is 0.687. The standard InChI is InChI=1S/C17H17N3O2/c1-16(21,13-8-4-2-5-9-13)17(22,15-12-18-20-19-15)14-10-6-3-7-11-14/h2-12,21-22H,1H3,(H,18,19,20). The van der Waals surface area contributed by atoms with Gasteiger partial charge in [-0.05, 0) is 18.1 Å². The lowest BCUT2D eigenvalue weighted by molar-refractivity contribution is -0.130. The molecule has 112 valence electrons. The van der Waals surface area contributed by atoms with Gasteiger partial charge in [0.05, 0.1) is 6.20 Å². The molecule has 3 aromatic rings. The van der Waals surface area contributed by atoms with Crippen molar-refractivity contribution in [2.45, 2.75) is 18.1 Å². The predicted octanol–water partition coefficient (Wildman–Crippen LogP) is 1.95. The molecule has 1 heterocycles. The van der Waals surface area contributed by atoms with Gasteiger partial charge in [-0.1, -0.05) is 60.7 Å². The molecule has 5 nitrogen and oxygen atoms in total. The number of nitrogens with one attached hydrogen (secondary N) is 1. The number of aliphatic hydroxyl groups is 2.